The number of benzene rings is 1. The maximum absolute atomic E-state index is 13.3. The van der Waals surface area contributed by atoms with Gasteiger partial charge in [0, 0.05) is 30.1 Å². The van der Waals surface area contributed by atoms with Gasteiger partial charge >= 0.3 is 11.9 Å². The molecular formula is C26H38N8O7. The minimum absolute atomic E-state index is 0.0208. The zero-order valence-electron chi connectivity index (χ0n) is 22.9. The van der Waals surface area contributed by atoms with Crippen molar-refractivity contribution in [2.24, 2.45) is 28.1 Å². The maximum atomic E-state index is 13.3. The Bertz CT molecular complexity index is 1270. The molecule has 0 aliphatic carbocycles. The number of carboxylic acid groups (broad SMARTS) is 2. The second-order valence-electron chi connectivity index (χ2n) is 9.90. The zero-order chi connectivity index (χ0) is 30.7. The van der Waals surface area contributed by atoms with E-state index in [1.54, 1.807) is 26.1 Å². The molecule has 4 unspecified atom stereocenters. The summed E-state index contributed by atoms with van der Waals surface area (Å²) in [5.41, 5.74) is 18.0. The molecule has 15 heteroatoms. The summed E-state index contributed by atoms with van der Waals surface area (Å²) in [6.45, 7) is 3.48. The summed E-state index contributed by atoms with van der Waals surface area (Å²) in [4.78, 5) is 69.2. The fraction of sp³-hybridized carbons (Fsp3) is 0.462. The predicted octanol–water partition coefficient (Wildman–Crippen LogP) is -1.24. The highest BCUT2D eigenvalue weighted by Gasteiger charge is 2.32. The number of hydrogen-bond donors (Lipinski definition) is 9. The van der Waals surface area contributed by atoms with Crippen molar-refractivity contribution in [2.45, 2.75) is 63.7 Å². The van der Waals surface area contributed by atoms with Crippen molar-refractivity contribution < 1.29 is 34.2 Å². The van der Waals surface area contributed by atoms with E-state index in [0.717, 1.165) is 10.9 Å². The van der Waals surface area contributed by atoms with E-state index < -0.39 is 60.2 Å². The Morgan fingerprint density at radius 3 is 2.15 bits per heavy atom. The third-order valence-electron chi connectivity index (χ3n) is 6.32. The van der Waals surface area contributed by atoms with E-state index >= 15 is 0 Å². The number of aliphatic imine (C=N–C) groups is 1. The van der Waals surface area contributed by atoms with Crippen molar-refractivity contribution >= 4 is 46.5 Å². The van der Waals surface area contributed by atoms with E-state index in [1.807, 2.05) is 18.2 Å². The summed E-state index contributed by atoms with van der Waals surface area (Å²) in [5.74, 6) is -5.65. The van der Waals surface area contributed by atoms with Gasteiger partial charge in [-0.05, 0) is 30.4 Å². The molecule has 12 N–H and O–H groups in total. The molecule has 41 heavy (non-hydrogen) atoms. The monoisotopic (exact) mass is 574 g/mol. The normalized spacial score (nSPS) is 14.0. The number of nitrogens with two attached hydrogens (primary N) is 3. The third kappa shape index (κ3) is 10.1. The minimum Gasteiger partial charge on any atom is -0.481 e. The molecule has 224 valence electrons. The van der Waals surface area contributed by atoms with E-state index in [0.29, 0.717) is 5.56 Å². The van der Waals surface area contributed by atoms with Crippen LogP contribution in [-0.2, 0) is 30.4 Å². The topological polar surface area (TPSA) is 268 Å². The van der Waals surface area contributed by atoms with Crippen LogP contribution in [0.15, 0.2) is 35.5 Å². The number of para-hydroxylation sites is 1. The van der Waals surface area contributed by atoms with Crippen LogP contribution in [0.1, 0.15) is 38.7 Å². The largest absolute Gasteiger partial charge is 0.481 e. The second kappa shape index (κ2) is 15.2. The van der Waals surface area contributed by atoms with Crippen molar-refractivity contribution in [3.8, 4) is 0 Å². The lowest BCUT2D eigenvalue weighted by atomic mass is 10.0. The number of aromatic amines is 1. The van der Waals surface area contributed by atoms with Crippen LogP contribution in [0.2, 0.25) is 0 Å². The third-order valence-corrected chi connectivity index (χ3v) is 6.32. The standard InChI is InChI=1S/C26H38N8O7/c1-13(2)21(27)24(39)33-18(11-20(35)36)23(38)32-17(8-5-9-30-26(28)29)22(37)34-19(25(40)41)10-14-12-31-16-7-4-3-6-15(14)16/h3-4,6-7,12-13,17-19,21,31H,5,8-11,27H2,1-2H3,(H,32,38)(H,33,39)(H,34,37)(H,35,36)(H,40,41)(H4,28,29,30). The molecule has 0 saturated heterocycles. The molecule has 2 aromatic rings. The first-order valence-corrected chi connectivity index (χ1v) is 13.0. The molecule has 0 fully saturated rings. The van der Waals surface area contributed by atoms with Crippen LogP contribution in [0, 0.1) is 5.92 Å². The summed E-state index contributed by atoms with van der Waals surface area (Å²) in [7, 11) is 0. The lowest BCUT2D eigenvalue weighted by Gasteiger charge is -2.25. The highest BCUT2D eigenvalue weighted by Crippen LogP contribution is 2.19. The zero-order valence-corrected chi connectivity index (χ0v) is 22.9. The van der Waals surface area contributed by atoms with Crippen molar-refractivity contribution in [3.63, 3.8) is 0 Å². The molecule has 4 atom stereocenters. The SMILES string of the molecule is CC(C)C(N)C(=O)NC(CC(=O)O)C(=O)NC(CCCN=C(N)N)C(=O)NC(Cc1c[nH]c2ccccc12)C(=O)O. The summed E-state index contributed by atoms with van der Waals surface area (Å²) >= 11 is 0. The highest BCUT2D eigenvalue weighted by molar-refractivity contribution is 5.96. The van der Waals surface area contributed by atoms with Gasteiger partial charge in [0.15, 0.2) is 5.96 Å². The average Bonchev–Trinajstić information content (AvgIpc) is 3.31. The number of aliphatic carboxylic acids is 2. The lowest BCUT2D eigenvalue weighted by molar-refractivity contribution is -0.143. The smallest absolute Gasteiger partial charge is 0.326 e. The number of fused-ring (bicyclic) bond motifs is 1. The first kappa shape index (κ1) is 32.6. The first-order chi connectivity index (χ1) is 19.3. The van der Waals surface area contributed by atoms with Crippen LogP contribution in [-0.4, -0.2) is 81.5 Å². The van der Waals surface area contributed by atoms with Crippen LogP contribution in [0.4, 0.5) is 0 Å². The highest BCUT2D eigenvalue weighted by atomic mass is 16.4. The molecule has 2 rings (SSSR count). The van der Waals surface area contributed by atoms with Gasteiger partial charge in [-0.25, -0.2) is 4.79 Å². The van der Waals surface area contributed by atoms with Crippen LogP contribution < -0.4 is 33.2 Å². The molecule has 15 nitrogen and oxygen atoms in total. The number of aromatic nitrogens is 1. The Kier molecular flexibility index (Phi) is 12.1. The van der Waals surface area contributed by atoms with E-state index in [4.69, 9.17) is 17.2 Å². The lowest BCUT2D eigenvalue weighted by Crippen LogP contribution is -2.58. The molecule has 0 spiro atoms. The maximum Gasteiger partial charge on any atom is 0.326 e. The number of nitrogens with one attached hydrogen (secondary N) is 4. The molecule has 0 aliphatic rings. The van der Waals surface area contributed by atoms with E-state index in [9.17, 15) is 34.2 Å². The van der Waals surface area contributed by atoms with Crippen LogP contribution in [0.5, 0.6) is 0 Å². The first-order valence-electron chi connectivity index (χ1n) is 13.0. The van der Waals surface area contributed by atoms with Crippen LogP contribution in [0.25, 0.3) is 10.9 Å². The summed E-state index contributed by atoms with van der Waals surface area (Å²) in [5, 5.41) is 27.1. The fourth-order valence-electron chi connectivity index (χ4n) is 3.99. The Labute approximate surface area is 236 Å². The van der Waals surface area contributed by atoms with Gasteiger partial charge in [0.1, 0.15) is 18.1 Å². The molecule has 0 aliphatic heterocycles. The number of guanidine groups is 1. The second-order valence-corrected chi connectivity index (χ2v) is 9.90. The molecule has 0 saturated carbocycles. The van der Waals surface area contributed by atoms with E-state index in [1.165, 1.54) is 0 Å². The van der Waals surface area contributed by atoms with Crippen LogP contribution >= 0.6 is 0 Å². The predicted molar refractivity (Wildman–Crippen MR) is 150 cm³/mol. The molecule has 3 amide bonds. The number of carbonyl (C=O) groups is 5. The Balaban J connectivity index is 2.24. The molecular weight excluding hydrogens is 536 g/mol. The number of rotatable bonds is 16. The number of nitrogens with zero attached hydrogens (tertiary/aromatic N) is 1. The number of carboxylic acids is 2. The fourth-order valence-corrected chi connectivity index (χ4v) is 3.99. The van der Waals surface area contributed by atoms with Gasteiger partial charge in [-0.1, -0.05) is 32.0 Å². The average molecular weight is 575 g/mol. The Morgan fingerprint density at radius 2 is 1.54 bits per heavy atom. The van der Waals surface area contributed by atoms with Gasteiger partial charge in [-0.3, -0.25) is 24.2 Å². The van der Waals surface area contributed by atoms with Gasteiger partial charge in [0.25, 0.3) is 0 Å². The minimum atomic E-state index is -1.54. The van der Waals surface area contributed by atoms with Gasteiger partial charge in [0.05, 0.1) is 12.5 Å². The quantitative estimate of drug-likeness (QED) is 0.0653. The number of carbonyl (C=O) groups excluding carboxylic acids is 3. The molecule has 0 radical (unpaired) electrons. The van der Waals surface area contributed by atoms with Crippen LogP contribution in [0.3, 0.4) is 0 Å². The van der Waals surface area contributed by atoms with E-state index in [2.05, 4.69) is 25.9 Å². The molecule has 1 aromatic carbocycles. The van der Waals surface area contributed by atoms with Gasteiger partial charge in [-0.2, -0.15) is 0 Å². The number of amides is 3. The molecule has 1 aromatic heterocycles. The van der Waals surface area contributed by atoms with Crippen molar-refractivity contribution in [1.82, 2.24) is 20.9 Å². The summed E-state index contributed by atoms with van der Waals surface area (Å²) < 4.78 is 0. The van der Waals surface area contributed by atoms with Gasteiger partial charge in [0.2, 0.25) is 17.7 Å². The Hall–Kier alpha value is -4.66. The molecule has 1 heterocycles. The van der Waals surface area contributed by atoms with Gasteiger partial charge in [-0.15, -0.1) is 0 Å². The molecule has 0 bridgehead atoms. The van der Waals surface area contributed by atoms with Gasteiger partial charge < -0.3 is 48.3 Å². The summed E-state index contributed by atoms with van der Waals surface area (Å²) in [6.07, 6.45) is 1.02. The summed E-state index contributed by atoms with van der Waals surface area (Å²) in [6, 6.07) is 2.08. The number of hydrogen-bond acceptors (Lipinski definition) is 7. The Morgan fingerprint density at radius 1 is 0.927 bits per heavy atom. The van der Waals surface area contributed by atoms with Crippen molar-refractivity contribution in [2.75, 3.05) is 6.54 Å². The van der Waals surface area contributed by atoms with Crippen molar-refractivity contribution in [1.29, 1.82) is 0 Å². The number of H-pyrrole nitrogens is 1. The van der Waals surface area contributed by atoms with Crippen molar-refractivity contribution in [3.05, 3.63) is 36.0 Å². The van der Waals surface area contributed by atoms with E-state index in [-0.39, 0.29) is 37.7 Å².